The van der Waals surface area contributed by atoms with E-state index in [0.29, 0.717) is 17.9 Å². The summed E-state index contributed by atoms with van der Waals surface area (Å²) in [6.45, 7) is 8.16. The van der Waals surface area contributed by atoms with Gasteiger partial charge in [0, 0.05) is 38.6 Å². The fourth-order valence-corrected chi connectivity index (χ4v) is 2.39. The van der Waals surface area contributed by atoms with Gasteiger partial charge in [-0.3, -0.25) is 4.90 Å². The smallest absolute Gasteiger partial charge is 0.0628 e. The Morgan fingerprint density at radius 2 is 2.12 bits per heavy atom. The molecule has 1 aliphatic carbocycles. The third-order valence-corrected chi connectivity index (χ3v) is 3.87. The monoisotopic (exact) mass is 237 g/mol. The van der Waals surface area contributed by atoms with Crippen LogP contribution in [-0.4, -0.2) is 50.3 Å². The Kier molecular flexibility index (Phi) is 4.38. The van der Waals surface area contributed by atoms with Gasteiger partial charge < -0.3 is 10.1 Å². The van der Waals surface area contributed by atoms with Crippen molar-refractivity contribution in [3.63, 3.8) is 0 Å². The molecule has 1 saturated carbocycles. The largest absolute Gasteiger partial charge is 0.379 e. The summed E-state index contributed by atoms with van der Waals surface area (Å²) in [7, 11) is 0. The van der Waals surface area contributed by atoms with Crippen LogP contribution in [0.4, 0.5) is 0 Å². The van der Waals surface area contributed by atoms with E-state index in [1.807, 2.05) is 0 Å². The first-order valence-corrected chi connectivity index (χ1v) is 6.65. The number of nitriles is 1. The van der Waals surface area contributed by atoms with Crippen LogP contribution in [0.25, 0.3) is 0 Å². The molecule has 1 N–H and O–H groups in total. The van der Waals surface area contributed by atoms with Crippen LogP contribution in [-0.2, 0) is 4.74 Å². The molecule has 4 heteroatoms. The second kappa shape index (κ2) is 5.81. The van der Waals surface area contributed by atoms with Crippen LogP contribution in [0.1, 0.15) is 26.2 Å². The minimum atomic E-state index is 0.314. The normalized spacial score (nSPS) is 25.2. The summed E-state index contributed by atoms with van der Waals surface area (Å²) in [5.74, 6) is 0. The molecule has 0 aromatic heterocycles. The maximum absolute atomic E-state index is 8.77. The number of nitrogens with one attached hydrogen (secondary N) is 1. The van der Waals surface area contributed by atoms with E-state index in [-0.39, 0.29) is 0 Å². The average Bonchev–Trinajstić information content (AvgIpc) is 3.09. The van der Waals surface area contributed by atoms with E-state index in [0.717, 1.165) is 39.4 Å². The van der Waals surface area contributed by atoms with Crippen molar-refractivity contribution in [3.05, 3.63) is 0 Å². The molecule has 1 heterocycles. The molecule has 1 aliphatic heterocycles. The molecule has 0 spiro atoms. The maximum Gasteiger partial charge on any atom is 0.0628 e. The van der Waals surface area contributed by atoms with Crippen molar-refractivity contribution in [1.82, 2.24) is 10.2 Å². The summed E-state index contributed by atoms with van der Waals surface area (Å²) in [6.07, 6.45) is 3.15. The van der Waals surface area contributed by atoms with Crippen LogP contribution < -0.4 is 5.32 Å². The highest BCUT2D eigenvalue weighted by molar-refractivity contribution is 5.01. The Hall–Kier alpha value is -0.630. The Labute approximate surface area is 104 Å². The van der Waals surface area contributed by atoms with Crippen LogP contribution in [0.3, 0.4) is 0 Å². The molecule has 1 atom stereocenters. The van der Waals surface area contributed by atoms with Crippen LogP contribution in [0.5, 0.6) is 0 Å². The van der Waals surface area contributed by atoms with Gasteiger partial charge >= 0.3 is 0 Å². The predicted octanol–water partition coefficient (Wildman–Crippen LogP) is 0.991. The molecule has 0 aromatic rings. The van der Waals surface area contributed by atoms with Gasteiger partial charge in [0.15, 0.2) is 0 Å². The Bertz CT molecular complexity index is 277. The van der Waals surface area contributed by atoms with Crippen LogP contribution in [0, 0.1) is 16.7 Å². The van der Waals surface area contributed by atoms with Crippen molar-refractivity contribution >= 4 is 0 Å². The third-order valence-electron chi connectivity index (χ3n) is 3.87. The number of nitrogens with zero attached hydrogens (tertiary/aromatic N) is 2. The van der Waals surface area contributed by atoms with E-state index in [1.165, 1.54) is 12.8 Å². The fourth-order valence-electron chi connectivity index (χ4n) is 2.39. The molecule has 96 valence electrons. The number of hydrogen-bond donors (Lipinski definition) is 1. The van der Waals surface area contributed by atoms with E-state index in [9.17, 15) is 0 Å². The molecule has 0 amide bonds. The van der Waals surface area contributed by atoms with Gasteiger partial charge in [0.25, 0.3) is 0 Å². The molecule has 2 rings (SSSR count). The van der Waals surface area contributed by atoms with Crippen LogP contribution in [0.2, 0.25) is 0 Å². The van der Waals surface area contributed by atoms with Gasteiger partial charge in [-0.25, -0.2) is 0 Å². The molecule has 0 aromatic carbocycles. The van der Waals surface area contributed by atoms with Gasteiger partial charge in [-0.1, -0.05) is 0 Å². The van der Waals surface area contributed by atoms with Gasteiger partial charge in [-0.15, -0.1) is 0 Å². The molecule has 0 bridgehead atoms. The van der Waals surface area contributed by atoms with Gasteiger partial charge in [-0.2, -0.15) is 5.26 Å². The number of hydrogen-bond acceptors (Lipinski definition) is 4. The lowest BCUT2D eigenvalue weighted by atomic mass is 10.0. The second-order valence-electron chi connectivity index (χ2n) is 5.53. The Morgan fingerprint density at radius 1 is 1.41 bits per heavy atom. The molecule has 1 unspecified atom stereocenters. The van der Waals surface area contributed by atoms with Gasteiger partial charge in [0.1, 0.15) is 0 Å². The number of morpholine rings is 1. The first-order valence-electron chi connectivity index (χ1n) is 6.65. The lowest BCUT2D eigenvalue weighted by Gasteiger charge is -2.30. The average molecular weight is 237 g/mol. The van der Waals surface area contributed by atoms with Crippen LogP contribution >= 0.6 is 0 Å². The molecule has 1 saturated heterocycles. The van der Waals surface area contributed by atoms with Crippen molar-refractivity contribution < 1.29 is 4.74 Å². The van der Waals surface area contributed by atoms with E-state index in [2.05, 4.69) is 23.2 Å². The highest BCUT2D eigenvalue weighted by Crippen LogP contribution is 2.47. The van der Waals surface area contributed by atoms with E-state index in [1.54, 1.807) is 0 Å². The molecular weight excluding hydrogens is 214 g/mol. The zero-order valence-electron chi connectivity index (χ0n) is 10.7. The number of ether oxygens (including phenoxy) is 1. The summed E-state index contributed by atoms with van der Waals surface area (Å²) >= 11 is 0. The zero-order valence-corrected chi connectivity index (χ0v) is 10.7. The summed E-state index contributed by atoms with van der Waals surface area (Å²) < 4.78 is 5.34. The fraction of sp³-hybridized carbons (Fsp3) is 0.923. The van der Waals surface area contributed by atoms with E-state index in [4.69, 9.17) is 10.00 Å². The predicted molar refractivity (Wildman–Crippen MR) is 66.6 cm³/mol. The highest BCUT2D eigenvalue weighted by Gasteiger charge is 2.42. The van der Waals surface area contributed by atoms with Crippen LogP contribution in [0.15, 0.2) is 0 Å². The maximum atomic E-state index is 8.77. The third kappa shape index (κ3) is 3.95. The lowest BCUT2D eigenvalue weighted by Crippen LogP contribution is -2.45. The van der Waals surface area contributed by atoms with Gasteiger partial charge in [-0.05, 0) is 25.2 Å². The summed E-state index contributed by atoms with van der Waals surface area (Å²) in [4.78, 5) is 2.45. The van der Waals surface area contributed by atoms with E-state index < -0.39 is 0 Å². The first-order chi connectivity index (χ1) is 8.24. The zero-order chi connectivity index (χ0) is 12.1. The molecule has 4 nitrogen and oxygen atoms in total. The molecule has 0 radical (unpaired) electrons. The minimum absolute atomic E-state index is 0.314. The number of rotatable bonds is 6. The minimum Gasteiger partial charge on any atom is -0.379 e. The molecule has 2 fully saturated rings. The van der Waals surface area contributed by atoms with E-state index >= 15 is 0 Å². The lowest BCUT2D eigenvalue weighted by molar-refractivity contribution is 0.0342. The summed E-state index contributed by atoms with van der Waals surface area (Å²) in [6, 6.07) is 2.81. The SMILES string of the molecule is CC(CN1CCOCC1)NCC1(CC#N)CC1. The quantitative estimate of drug-likeness (QED) is 0.748. The van der Waals surface area contributed by atoms with Crippen molar-refractivity contribution in [2.75, 3.05) is 39.4 Å². The summed E-state index contributed by atoms with van der Waals surface area (Å²) in [5.41, 5.74) is 0.314. The standard InChI is InChI=1S/C13H23N3O/c1-12(10-16-6-8-17-9-7-16)15-11-13(2-3-13)4-5-14/h12,15H,2-4,6-11H2,1H3. The van der Waals surface area contributed by atoms with Crippen molar-refractivity contribution in [2.24, 2.45) is 5.41 Å². The molecule has 2 aliphatic rings. The Balaban J connectivity index is 1.63. The topological polar surface area (TPSA) is 48.3 Å². The van der Waals surface area contributed by atoms with Gasteiger partial charge in [0.2, 0.25) is 0 Å². The van der Waals surface area contributed by atoms with Gasteiger partial charge in [0.05, 0.1) is 19.3 Å². The highest BCUT2D eigenvalue weighted by atomic mass is 16.5. The molecule has 17 heavy (non-hydrogen) atoms. The second-order valence-corrected chi connectivity index (χ2v) is 5.53. The van der Waals surface area contributed by atoms with Crippen molar-refractivity contribution in [3.8, 4) is 6.07 Å². The summed E-state index contributed by atoms with van der Waals surface area (Å²) in [5, 5.41) is 12.4. The Morgan fingerprint density at radius 3 is 2.71 bits per heavy atom. The first kappa shape index (κ1) is 12.8. The van der Waals surface area contributed by atoms with Crippen molar-refractivity contribution in [2.45, 2.75) is 32.2 Å². The molecular formula is C13H23N3O. The van der Waals surface area contributed by atoms with Crippen molar-refractivity contribution in [1.29, 1.82) is 5.26 Å².